The standard InChI is InChI=1S/C15H17ClFN3O/c1-21-15-5-2-10(9-19-15)6-13(20-18)8-11-7-12(17)3-4-14(11)16/h2-5,7,9,13,20H,6,8,18H2,1H3. The zero-order valence-corrected chi connectivity index (χ0v) is 12.4. The first-order valence-electron chi connectivity index (χ1n) is 6.51. The minimum Gasteiger partial charge on any atom is -0.481 e. The number of benzene rings is 1. The second-order valence-electron chi connectivity index (χ2n) is 4.72. The van der Waals surface area contributed by atoms with E-state index in [1.165, 1.54) is 12.1 Å². The van der Waals surface area contributed by atoms with Gasteiger partial charge in [0, 0.05) is 23.3 Å². The molecule has 0 aliphatic carbocycles. The van der Waals surface area contributed by atoms with Crippen molar-refractivity contribution in [2.45, 2.75) is 18.9 Å². The molecule has 112 valence electrons. The van der Waals surface area contributed by atoms with Gasteiger partial charge < -0.3 is 4.74 Å². The smallest absolute Gasteiger partial charge is 0.212 e. The molecular weight excluding hydrogens is 293 g/mol. The van der Waals surface area contributed by atoms with Gasteiger partial charge in [-0.05, 0) is 42.2 Å². The Balaban J connectivity index is 2.07. The fourth-order valence-electron chi connectivity index (χ4n) is 2.09. The first-order valence-corrected chi connectivity index (χ1v) is 6.89. The minimum atomic E-state index is -0.309. The molecule has 21 heavy (non-hydrogen) atoms. The van der Waals surface area contributed by atoms with Gasteiger partial charge in [0.05, 0.1) is 7.11 Å². The number of pyridine rings is 1. The molecule has 0 radical (unpaired) electrons. The molecule has 1 atom stereocenters. The maximum absolute atomic E-state index is 13.3. The molecule has 1 heterocycles. The molecule has 2 aromatic rings. The first kappa shape index (κ1) is 15.7. The second kappa shape index (κ2) is 7.36. The van der Waals surface area contributed by atoms with Gasteiger partial charge in [0.25, 0.3) is 0 Å². The SMILES string of the molecule is COc1ccc(CC(Cc2cc(F)ccc2Cl)NN)cn1. The number of hydrazine groups is 1. The lowest BCUT2D eigenvalue weighted by molar-refractivity contribution is 0.397. The third-order valence-corrected chi connectivity index (χ3v) is 3.57. The molecule has 6 heteroatoms. The average molecular weight is 310 g/mol. The Morgan fingerprint density at radius 3 is 2.76 bits per heavy atom. The zero-order chi connectivity index (χ0) is 15.2. The number of halogens is 2. The molecule has 0 amide bonds. The van der Waals surface area contributed by atoms with Gasteiger partial charge in [-0.15, -0.1) is 0 Å². The fourth-order valence-corrected chi connectivity index (χ4v) is 2.29. The Morgan fingerprint density at radius 2 is 2.14 bits per heavy atom. The lowest BCUT2D eigenvalue weighted by atomic mass is 10.0. The van der Waals surface area contributed by atoms with Crippen molar-refractivity contribution in [3.8, 4) is 5.88 Å². The highest BCUT2D eigenvalue weighted by Gasteiger charge is 2.12. The van der Waals surface area contributed by atoms with Crippen LogP contribution < -0.4 is 16.0 Å². The van der Waals surface area contributed by atoms with Crippen LogP contribution in [0.1, 0.15) is 11.1 Å². The molecule has 0 saturated carbocycles. The third kappa shape index (κ3) is 4.39. The van der Waals surface area contributed by atoms with Crippen LogP contribution in [0.25, 0.3) is 0 Å². The van der Waals surface area contributed by atoms with Crippen LogP contribution in [-0.2, 0) is 12.8 Å². The van der Waals surface area contributed by atoms with Crippen LogP contribution in [0.2, 0.25) is 5.02 Å². The summed E-state index contributed by atoms with van der Waals surface area (Å²) in [6, 6.07) is 7.96. The van der Waals surface area contributed by atoms with Crippen molar-refractivity contribution in [1.29, 1.82) is 0 Å². The van der Waals surface area contributed by atoms with E-state index in [0.29, 0.717) is 23.7 Å². The number of hydrogen-bond acceptors (Lipinski definition) is 4. The molecule has 0 aliphatic rings. The summed E-state index contributed by atoms with van der Waals surface area (Å²) in [4.78, 5) is 4.15. The van der Waals surface area contributed by atoms with E-state index in [4.69, 9.17) is 22.2 Å². The van der Waals surface area contributed by atoms with E-state index in [0.717, 1.165) is 11.1 Å². The number of nitrogens with two attached hydrogens (primary N) is 1. The maximum Gasteiger partial charge on any atom is 0.212 e. The zero-order valence-electron chi connectivity index (χ0n) is 11.6. The highest BCUT2D eigenvalue weighted by Crippen LogP contribution is 2.20. The van der Waals surface area contributed by atoms with Gasteiger partial charge >= 0.3 is 0 Å². The van der Waals surface area contributed by atoms with Crippen LogP contribution in [0.3, 0.4) is 0 Å². The number of ether oxygens (including phenoxy) is 1. The van der Waals surface area contributed by atoms with Crippen molar-refractivity contribution in [1.82, 2.24) is 10.4 Å². The summed E-state index contributed by atoms with van der Waals surface area (Å²) in [5, 5.41) is 0.532. The predicted molar refractivity (Wildman–Crippen MR) is 80.7 cm³/mol. The van der Waals surface area contributed by atoms with Crippen molar-refractivity contribution in [3.05, 3.63) is 58.5 Å². The summed E-state index contributed by atoms with van der Waals surface area (Å²) in [6.07, 6.45) is 2.91. The largest absolute Gasteiger partial charge is 0.481 e. The number of hydrogen-bond donors (Lipinski definition) is 2. The maximum atomic E-state index is 13.3. The van der Waals surface area contributed by atoms with Crippen molar-refractivity contribution >= 4 is 11.6 Å². The van der Waals surface area contributed by atoms with Gasteiger partial charge in [0.1, 0.15) is 5.82 Å². The monoisotopic (exact) mass is 309 g/mol. The van der Waals surface area contributed by atoms with Gasteiger partial charge in [0.15, 0.2) is 0 Å². The highest BCUT2D eigenvalue weighted by molar-refractivity contribution is 6.31. The summed E-state index contributed by atoms with van der Waals surface area (Å²) in [6.45, 7) is 0. The lowest BCUT2D eigenvalue weighted by Crippen LogP contribution is -2.38. The van der Waals surface area contributed by atoms with E-state index in [-0.39, 0.29) is 11.9 Å². The summed E-state index contributed by atoms with van der Waals surface area (Å²) in [5.74, 6) is 5.83. The molecule has 2 rings (SSSR count). The molecular formula is C15H17ClFN3O. The predicted octanol–water partition coefficient (Wildman–Crippen LogP) is 2.50. The number of aromatic nitrogens is 1. The fraction of sp³-hybridized carbons (Fsp3) is 0.267. The van der Waals surface area contributed by atoms with Crippen molar-refractivity contribution in [2.75, 3.05) is 7.11 Å². The van der Waals surface area contributed by atoms with E-state index in [1.807, 2.05) is 6.07 Å². The third-order valence-electron chi connectivity index (χ3n) is 3.20. The van der Waals surface area contributed by atoms with E-state index >= 15 is 0 Å². The van der Waals surface area contributed by atoms with Gasteiger partial charge in [0.2, 0.25) is 5.88 Å². The molecule has 0 aliphatic heterocycles. The van der Waals surface area contributed by atoms with Crippen LogP contribution in [0, 0.1) is 5.82 Å². The van der Waals surface area contributed by atoms with Crippen LogP contribution in [-0.4, -0.2) is 18.1 Å². The second-order valence-corrected chi connectivity index (χ2v) is 5.12. The quantitative estimate of drug-likeness (QED) is 0.636. The van der Waals surface area contributed by atoms with Crippen molar-refractivity contribution in [2.24, 2.45) is 5.84 Å². The molecule has 0 fully saturated rings. The lowest BCUT2D eigenvalue weighted by Gasteiger charge is -2.17. The summed E-state index contributed by atoms with van der Waals surface area (Å²) < 4.78 is 18.3. The Kier molecular flexibility index (Phi) is 5.50. The first-order chi connectivity index (χ1) is 10.1. The summed E-state index contributed by atoms with van der Waals surface area (Å²) in [7, 11) is 1.57. The molecule has 0 spiro atoms. The van der Waals surface area contributed by atoms with Crippen LogP contribution >= 0.6 is 11.6 Å². The Bertz CT molecular complexity index is 592. The minimum absolute atomic E-state index is 0.0699. The van der Waals surface area contributed by atoms with Crippen LogP contribution in [0.15, 0.2) is 36.5 Å². The summed E-state index contributed by atoms with van der Waals surface area (Å²) >= 11 is 6.08. The Labute approximate surface area is 128 Å². The average Bonchev–Trinajstić information content (AvgIpc) is 2.51. The Hall–Kier alpha value is -1.69. The molecule has 0 bridgehead atoms. The molecule has 1 aromatic carbocycles. The van der Waals surface area contributed by atoms with Gasteiger partial charge in [-0.2, -0.15) is 0 Å². The number of nitrogens with one attached hydrogen (secondary N) is 1. The number of nitrogens with zero attached hydrogens (tertiary/aromatic N) is 1. The van der Waals surface area contributed by atoms with E-state index in [9.17, 15) is 4.39 Å². The molecule has 1 aromatic heterocycles. The number of rotatable bonds is 6. The number of methoxy groups -OCH3 is 1. The molecule has 0 saturated heterocycles. The molecule has 3 N–H and O–H groups in total. The van der Waals surface area contributed by atoms with E-state index < -0.39 is 0 Å². The van der Waals surface area contributed by atoms with Crippen molar-refractivity contribution < 1.29 is 9.13 Å². The highest BCUT2D eigenvalue weighted by atomic mass is 35.5. The van der Waals surface area contributed by atoms with Gasteiger partial charge in [-0.3, -0.25) is 11.3 Å². The Morgan fingerprint density at radius 1 is 1.33 bits per heavy atom. The van der Waals surface area contributed by atoms with Gasteiger partial charge in [-0.25, -0.2) is 9.37 Å². The van der Waals surface area contributed by atoms with Crippen molar-refractivity contribution in [3.63, 3.8) is 0 Å². The van der Waals surface area contributed by atoms with Crippen LogP contribution in [0.4, 0.5) is 4.39 Å². The van der Waals surface area contributed by atoms with E-state index in [1.54, 1.807) is 25.4 Å². The summed E-state index contributed by atoms with van der Waals surface area (Å²) in [5.41, 5.74) is 4.46. The van der Waals surface area contributed by atoms with E-state index in [2.05, 4.69) is 10.4 Å². The topological polar surface area (TPSA) is 60.2 Å². The molecule has 1 unspecified atom stereocenters. The van der Waals surface area contributed by atoms with Gasteiger partial charge in [-0.1, -0.05) is 17.7 Å². The van der Waals surface area contributed by atoms with Crippen LogP contribution in [0.5, 0.6) is 5.88 Å². The molecule has 4 nitrogen and oxygen atoms in total. The normalized spacial score (nSPS) is 12.2.